The molecule has 1 heterocycles. The SMILES string of the molecule is [CH2]CCc1cnc(-c2ccccc2)o1. The van der Waals surface area contributed by atoms with Gasteiger partial charge in [-0.1, -0.05) is 25.1 Å². The quantitative estimate of drug-likeness (QED) is 0.736. The predicted molar refractivity (Wildman–Crippen MR) is 55.6 cm³/mol. The van der Waals surface area contributed by atoms with Crippen LogP contribution in [0.5, 0.6) is 0 Å². The Bertz CT molecular complexity index is 392. The van der Waals surface area contributed by atoms with Crippen LogP contribution >= 0.6 is 0 Å². The smallest absolute Gasteiger partial charge is 0.226 e. The first-order valence-electron chi connectivity index (χ1n) is 4.69. The second-order valence-electron chi connectivity index (χ2n) is 3.10. The predicted octanol–water partition coefficient (Wildman–Crippen LogP) is 3.11. The van der Waals surface area contributed by atoms with Gasteiger partial charge in [-0.05, 0) is 18.6 Å². The van der Waals surface area contributed by atoms with Gasteiger partial charge in [0, 0.05) is 12.0 Å². The number of aromatic nitrogens is 1. The molecule has 2 aromatic rings. The molecule has 1 radical (unpaired) electrons. The summed E-state index contributed by atoms with van der Waals surface area (Å²) in [7, 11) is 0. The van der Waals surface area contributed by atoms with Gasteiger partial charge in [-0.3, -0.25) is 0 Å². The van der Waals surface area contributed by atoms with Crippen LogP contribution in [0.1, 0.15) is 12.2 Å². The molecule has 1 aromatic carbocycles. The minimum Gasteiger partial charge on any atom is -0.441 e. The second-order valence-corrected chi connectivity index (χ2v) is 3.10. The molecule has 0 aliphatic heterocycles. The Kier molecular flexibility index (Phi) is 2.63. The summed E-state index contributed by atoms with van der Waals surface area (Å²) in [6.45, 7) is 3.78. The Labute approximate surface area is 83.6 Å². The van der Waals surface area contributed by atoms with Crippen LogP contribution in [0.4, 0.5) is 0 Å². The number of aryl methyl sites for hydroxylation is 1. The molecule has 0 amide bonds. The van der Waals surface area contributed by atoms with E-state index in [0.717, 1.165) is 24.2 Å². The van der Waals surface area contributed by atoms with Gasteiger partial charge in [0.2, 0.25) is 5.89 Å². The van der Waals surface area contributed by atoms with Crippen molar-refractivity contribution >= 4 is 0 Å². The van der Waals surface area contributed by atoms with E-state index >= 15 is 0 Å². The second kappa shape index (κ2) is 4.09. The van der Waals surface area contributed by atoms with E-state index in [1.54, 1.807) is 6.20 Å². The molecule has 1 aromatic heterocycles. The van der Waals surface area contributed by atoms with Crippen LogP contribution in [0, 0.1) is 6.92 Å². The van der Waals surface area contributed by atoms with Crippen molar-refractivity contribution in [2.45, 2.75) is 12.8 Å². The van der Waals surface area contributed by atoms with Crippen LogP contribution in [0.3, 0.4) is 0 Å². The Morgan fingerprint density at radius 2 is 2.00 bits per heavy atom. The van der Waals surface area contributed by atoms with Gasteiger partial charge in [-0.2, -0.15) is 0 Å². The van der Waals surface area contributed by atoms with E-state index in [1.807, 2.05) is 30.3 Å². The van der Waals surface area contributed by atoms with Crippen LogP contribution in [-0.2, 0) is 6.42 Å². The molecule has 0 bridgehead atoms. The number of hydrogen-bond donors (Lipinski definition) is 0. The minimum absolute atomic E-state index is 0.689. The van der Waals surface area contributed by atoms with Crippen LogP contribution in [0.15, 0.2) is 40.9 Å². The van der Waals surface area contributed by atoms with Crippen molar-refractivity contribution in [1.82, 2.24) is 4.98 Å². The third kappa shape index (κ3) is 1.84. The van der Waals surface area contributed by atoms with Crippen LogP contribution < -0.4 is 0 Å². The largest absolute Gasteiger partial charge is 0.441 e. The third-order valence-electron chi connectivity index (χ3n) is 2.00. The zero-order valence-corrected chi connectivity index (χ0v) is 7.94. The van der Waals surface area contributed by atoms with Crippen molar-refractivity contribution < 1.29 is 4.42 Å². The lowest BCUT2D eigenvalue weighted by Crippen LogP contribution is -1.76. The third-order valence-corrected chi connectivity index (χ3v) is 2.00. The number of benzene rings is 1. The Morgan fingerprint density at radius 3 is 2.71 bits per heavy atom. The molecular formula is C12H12NO. The van der Waals surface area contributed by atoms with Gasteiger partial charge < -0.3 is 4.42 Å². The molecule has 2 nitrogen and oxygen atoms in total. The molecule has 2 heteroatoms. The topological polar surface area (TPSA) is 26.0 Å². The molecule has 2 rings (SSSR count). The maximum Gasteiger partial charge on any atom is 0.226 e. The summed E-state index contributed by atoms with van der Waals surface area (Å²) in [6, 6.07) is 9.89. The Hall–Kier alpha value is -1.57. The normalized spacial score (nSPS) is 10.4. The fraction of sp³-hybridized carbons (Fsp3) is 0.167. The summed E-state index contributed by atoms with van der Waals surface area (Å²) >= 11 is 0. The first-order valence-corrected chi connectivity index (χ1v) is 4.69. The fourth-order valence-electron chi connectivity index (χ4n) is 1.31. The van der Waals surface area contributed by atoms with Crippen molar-refractivity contribution in [1.29, 1.82) is 0 Å². The van der Waals surface area contributed by atoms with Gasteiger partial charge in [-0.15, -0.1) is 0 Å². The fourth-order valence-corrected chi connectivity index (χ4v) is 1.31. The summed E-state index contributed by atoms with van der Waals surface area (Å²) in [4.78, 5) is 4.21. The Balaban J connectivity index is 2.25. The molecule has 0 spiro atoms. The zero-order chi connectivity index (χ0) is 9.80. The van der Waals surface area contributed by atoms with Gasteiger partial charge in [-0.25, -0.2) is 4.98 Å². The Morgan fingerprint density at radius 1 is 1.21 bits per heavy atom. The molecule has 0 saturated heterocycles. The van der Waals surface area contributed by atoms with Gasteiger partial charge in [0.25, 0.3) is 0 Å². The summed E-state index contributed by atoms with van der Waals surface area (Å²) in [5.41, 5.74) is 1.02. The number of hydrogen-bond acceptors (Lipinski definition) is 2. The van der Waals surface area contributed by atoms with Gasteiger partial charge in [0.1, 0.15) is 5.76 Å². The van der Waals surface area contributed by atoms with E-state index in [-0.39, 0.29) is 0 Å². The number of rotatable bonds is 3. The van der Waals surface area contributed by atoms with E-state index < -0.39 is 0 Å². The van der Waals surface area contributed by atoms with Crippen LogP contribution in [0.25, 0.3) is 11.5 Å². The first-order chi connectivity index (χ1) is 6.90. The van der Waals surface area contributed by atoms with Gasteiger partial charge in [0.05, 0.1) is 6.20 Å². The van der Waals surface area contributed by atoms with E-state index in [4.69, 9.17) is 4.42 Å². The highest BCUT2D eigenvalue weighted by atomic mass is 16.4. The van der Waals surface area contributed by atoms with Crippen molar-refractivity contribution in [3.63, 3.8) is 0 Å². The van der Waals surface area contributed by atoms with Crippen LogP contribution in [-0.4, -0.2) is 4.98 Å². The molecule has 71 valence electrons. The molecule has 0 aliphatic carbocycles. The van der Waals surface area contributed by atoms with Crippen LogP contribution in [0.2, 0.25) is 0 Å². The van der Waals surface area contributed by atoms with Crippen molar-refractivity contribution in [3.05, 3.63) is 49.2 Å². The molecular weight excluding hydrogens is 174 g/mol. The lowest BCUT2D eigenvalue weighted by molar-refractivity contribution is 0.518. The molecule has 0 unspecified atom stereocenters. The maximum absolute atomic E-state index is 5.56. The van der Waals surface area contributed by atoms with E-state index in [1.165, 1.54) is 0 Å². The van der Waals surface area contributed by atoms with Gasteiger partial charge >= 0.3 is 0 Å². The molecule has 0 N–H and O–H groups in total. The molecule has 0 atom stereocenters. The lowest BCUT2D eigenvalue weighted by atomic mass is 10.2. The summed E-state index contributed by atoms with van der Waals surface area (Å²) < 4.78 is 5.56. The molecule has 14 heavy (non-hydrogen) atoms. The van der Waals surface area contributed by atoms with Crippen molar-refractivity contribution in [2.24, 2.45) is 0 Å². The summed E-state index contributed by atoms with van der Waals surface area (Å²) in [5, 5.41) is 0. The first kappa shape index (κ1) is 9.00. The molecule has 0 fully saturated rings. The highest BCUT2D eigenvalue weighted by Crippen LogP contribution is 2.18. The maximum atomic E-state index is 5.56. The molecule has 0 saturated carbocycles. The monoisotopic (exact) mass is 186 g/mol. The average molecular weight is 186 g/mol. The molecule has 0 aliphatic rings. The van der Waals surface area contributed by atoms with Crippen molar-refractivity contribution in [2.75, 3.05) is 0 Å². The van der Waals surface area contributed by atoms with E-state index in [0.29, 0.717) is 5.89 Å². The highest BCUT2D eigenvalue weighted by molar-refractivity contribution is 5.52. The van der Waals surface area contributed by atoms with Gasteiger partial charge in [0.15, 0.2) is 0 Å². The zero-order valence-electron chi connectivity index (χ0n) is 7.94. The van der Waals surface area contributed by atoms with E-state index in [9.17, 15) is 0 Å². The minimum atomic E-state index is 0.689. The van der Waals surface area contributed by atoms with Crippen molar-refractivity contribution in [3.8, 4) is 11.5 Å². The standard InChI is InChI=1S/C12H12NO/c1-2-6-11-9-13-12(14-11)10-7-4-3-5-8-10/h3-5,7-9H,1-2,6H2. The highest BCUT2D eigenvalue weighted by Gasteiger charge is 2.04. The lowest BCUT2D eigenvalue weighted by Gasteiger charge is -1.93. The van der Waals surface area contributed by atoms with E-state index in [2.05, 4.69) is 11.9 Å². The average Bonchev–Trinajstić information content (AvgIpc) is 2.68. The number of nitrogens with zero attached hydrogens (tertiary/aromatic N) is 1. The summed E-state index contributed by atoms with van der Waals surface area (Å²) in [6.07, 6.45) is 3.46. The number of oxazole rings is 1. The summed E-state index contributed by atoms with van der Waals surface area (Å²) in [5.74, 6) is 1.59.